The van der Waals surface area contributed by atoms with Gasteiger partial charge in [0.25, 0.3) is 0 Å². The SMILES string of the molecule is NCCn1cc(-c2ccc(Br)c3cccnc23)nn1. The van der Waals surface area contributed by atoms with Crippen molar-refractivity contribution in [1.82, 2.24) is 20.0 Å². The number of hydrogen-bond acceptors (Lipinski definition) is 4. The van der Waals surface area contributed by atoms with Crippen molar-refractivity contribution in [2.45, 2.75) is 6.54 Å². The van der Waals surface area contributed by atoms with E-state index in [-0.39, 0.29) is 0 Å². The van der Waals surface area contributed by atoms with E-state index >= 15 is 0 Å². The third-order valence-corrected chi connectivity index (χ3v) is 3.58. The molecular weight excluding hydrogens is 306 g/mol. The zero-order valence-electron chi connectivity index (χ0n) is 10.1. The Morgan fingerprint density at radius 1 is 1.26 bits per heavy atom. The molecular formula is C13H12BrN5. The van der Waals surface area contributed by atoms with Crippen LogP contribution in [0.5, 0.6) is 0 Å². The molecule has 0 saturated heterocycles. The lowest BCUT2D eigenvalue weighted by atomic mass is 10.1. The van der Waals surface area contributed by atoms with Gasteiger partial charge in [0.15, 0.2) is 0 Å². The summed E-state index contributed by atoms with van der Waals surface area (Å²) in [5.74, 6) is 0. The minimum atomic E-state index is 0.544. The number of fused-ring (bicyclic) bond motifs is 1. The van der Waals surface area contributed by atoms with Gasteiger partial charge in [-0.15, -0.1) is 5.10 Å². The van der Waals surface area contributed by atoms with E-state index in [0.717, 1.165) is 26.6 Å². The van der Waals surface area contributed by atoms with Crippen molar-refractivity contribution < 1.29 is 0 Å². The van der Waals surface area contributed by atoms with Gasteiger partial charge in [-0.3, -0.25) is 9.67 Å². The summed E-state index contributed by atoms with van der Waals surface area (Å²) < 4.78 is 2.76. The molecule has 5 nitrogen and oxygen atoms in total. The highest BCUT2D eigenvalue weighted by Crippen LogP contribution is 2.30. The molecule has 0 aliphatic heterocycles. The van der Waals surface area contributed by atoms with Gasteiger partial charge >= 0.3 is 0 Å². The third-order valence-electron chi connectivity index (χ3n) is 2.89. The molecule has 6 heteroatoms. The highest BCUT2D eigenvalue weighted by atomic mass is 79.9. The van der Waals surface area contributed by atoms with Gasteiger partial charge in [0, 0.05) is 28.2 Å². The van der Waals surface area contributed by atoms with Crippen LogP contribution in [0, 0.1) is 0 Å². The van der Waals surface area contributed by atoms with E-state index < -0.39 is 0 Å². The molecule has 0 radical (unpaired) electrons. The Bertz CT molecular complexity index is 722. The van der Waals surface area contributed by atoms with E-state index in [0.29, 0.717) is 13.1 Å². The van der Waals surface area contributed by atoms with Crippen LogP contribution in [-0.4, -0.2) is 26.5 Å². The van der Waals surface area contributed by atoms with E-state index in [1.165, 1.54) is 0 Å². The smallest absolute Gasteiger partial charge is 0.115 e. The standard InChI is InChI=1S/C13H12BrN5/c14-11-4-3-10(13-9(11)2-1-6-16-13)12-8-19(7-5-15)18-17-12/h1-4,6,8H,5,7,15H2. The predicted octanol–water partition coefficient (Wildman–Crippen LogP) is 2.21. The second-order valence-electron chi connectivity index (χ2n) is 4.15. The largest absolute Gasteiger partial charge is 0.329 e. The van der Waals surface area contributed by atoms with Crippen molar-refractivity contribution in [3.8, 4) is 11.3 Å². The van der Waals surface area contributed by atoms with Crippen molar-refractivity contribution in [3.05, 3.63) is 41.1 Å². The molecule has 0 aliphatic rings. The van der Waals surface area contributed by atoms with Crippen LogP contribution in [0.3, 0.4) is 0 Å². The number of aromatic nitrogens is 4. The molecule has 0 bridgehead atoms. The van der Waals surface area contributed by atoms with Crippen LogP contribution < -0.4 is 5.73 Å². The van der Waals surface area contributed by atoms with E-state index in [1.807, 2.05) is 30.5 Å². The van der Waals surface area contributed by atoms with Crippen LogP contribution >= 0.6 is 15.9 Å². The molecule has 2 heterocycles. The van der Waals surface area contributed by atoms with Crippen molar-refractivity contribution in [2.75, 3.05) is 6.54 Å². The molecule has 0 spiro atoms. The fourth-order valence-corrected chi connectivity index (χ4v) is 2.46. The van der Waals surface area contributed by atoms with Crippen LogP contribution in [-0.2, 0) is 6.54 Å². The number of benzene rings is 1. The van der Waals surface area contributed by atoms with Crippen molar-refractivity contribution in [3.63, 3.8) is 0 Å². The van der Waals surface area contributed by atoms with E-state index in [1.54, 1.807) is 10.9 Å². The summed E-state index contributed by atoms with van der Waals surface area (Å²) in [5.41, 5.74) is 8.21. The Labute approximate surface area is 118 Å². The summed E-state index contributed by atoms with van der Waals surface area (Å²) in [7, 11) is 0. The number of nitrogens with zero attached hydrogens (tertiary/aromatic N) is 4. The molecule has 0 saturated carbocycles. The van der Waals surface area contributed by atoms with Crippen LogP contribution in [0.15, 0.2) is 41.1 Å². The molecule has 0 atom stereocenters. The third kappa shape index (κ3) is 2.24. The highest BCUT2D eigenvalue weighted by Gasteiger charge is 2.10. The normalized spacial score (nSPS) is 11.1. The quantitative estimate of drug-likeness (QED) is 0.804. The maximum absolute atomic E-state index is 5.51. The molecule has 2 aromatic heterocycles. The Morgan fingerprint density at radius 3 is 3.00 bits per heavy atom. The highest BCUT2D eigenvalue weighted by molar-refractivity contribution is 9.10. The predicted molar refractivity (Wildman–Crippen MR) is 77.5 cm³/mol. The molecule has 0 unspecified atom stereocenters. The lowest BCUT2D eigenvalue weighted by Gasteiger charge is -2.04. The monoisotopic (exact) mass is 317 g/mol. The summed E-state index contributed by atoms with van der Waals surface area (Å²) in [4.78, 5) is 4.44. The number of nitrogens with two attached hydrogens (primary N) is 1. The molecule has 96 valence electrons. The van der Waals surface area contributed by atoms with Crippen LogP contribution in [0.25, 0.3) is 22.2 Å². The minimum absolute atomic E-state index is 0.544. The Morgan fingerprint density at radius 2 is 2.16 bits per heavy atom. The van der Waals surface area contributed by atoms with Gasteiger partial charge < -0.3 is 5.73 Å². The van der Waals surface area contributed by atoms with E-state index in [9.17, 15) is 0 Å². The molecule has 0 aliphatic carbocycles. The van der Waals surface area contributed by atoms with Crippen molar-refractivity contribution in [2.24, 2.45) is 5.73 Å². The molecule has 0 fully saturated rings. The first-order valence-electron chi connectivity index (χ1n) is 5.93. The minimum Gasteiger partial charge on any atom is -0.329 e. The van der Waals surface area contributed by atoms with Crippen molar-refractivity contribution in [1.29, 1.82) is 0 Å². The van der Waals surface area contributed by atoms with Gasteiger partial charge in [0.2, 0.25) is 0 Å². The van der Waals surface area contributed by atoms with Gasteiger partial charge in [-0.25, -0.2) is 0 Å². The number of hydrogen-bond donors (Lipinski definition) is 1. The number of halogens is 1. The van der Waals surface area contributed by atoms with Gasteiger partial charge in [0.05, 0.1) is 18.3 Å². The molecule has 3 aromatic rings. The van der Waals surface area contributed by atoms with Crippen molar-refractivity contribution >= 4 is 26.8 Å². The first kappa shape index (κ1) is 12.3. The molecule has 19 heavy (non-hydrogen) atoms. The summed E-state index contributed by atoms with van der Waals surface area (Å²) in [5, 5.41) is 9.31. The number of rotatable bonds is 3. The fourth-order valence-electron chi connectivity index (χ4n) is 2.01. The Kier molecular flexibility index (Phi) is 3.27. The lowest BCUT2D eigenvalue weighted by Crippen LogP contribution is -2.10. The fraction of sp³-hybridized carbons (Fsp3) is 0.154. The van der Waals surface area contributed by atoms with Gasteiger partial charge in [-0.1, -0.05) is 27.2 Å². The maximum Gasteiger partial charge on any atom is 0.115 e. The van der Waals surface area contributed by atoms with Crippen LogP contribution in [0.4, 0.5) is 0 Å². The summed E-state index contributed by atoms with van der Waals surface area (Å²) in [6.07, 6.45) is 3.67. The topological polar surface area (TPSA) is 69.6 Å². The van der Waals surface area contributed by atoms with E-state index in [2.05, 4.69) is 31.2 Å². The van der Waals surface area contributed by atoms with Gasteiger partial charge in [-0.2, -0.15) is 0 Å². The molecule has 2 N–H and O–H groups in total. The molecule has 3 rings (SSSR count). The average Bonchev–Trinajstić information content (AvgIpc) is 2.88. The maximum atomic E-state index is 5.51. The van der Waals surface area contributed by atoms with Gasteiger partial charge in [0.1, 0.15) is 5.69 Å². The van der Waals surface area contributed by atoms with Crippen LogP contribution in [0.2, 0.25) is 0 Å². The Hall–Kier alpha value is -1.79. The zero-order valence-corrected chi connectivity index (χ0v) is 11.7. The van der Waals surface area contributed by atoms with E-state index in [4.69, 9.17) is 5.73 Å². The second kappa shape index (κ2) is 5.07. The van der Waals surface area contributed by atoms with Gasteiger partial charge in [-0.05, 0) is 18.2 Å². The number of pyridine rings is 1. The average molecular weight is 318 g/mol. The first-order valence-corrected chi connectivity index (χ1v) is 6.72. The second-order valence-corrected chi connectivity index (χ2v) is 5.00. The lowest BCUT2D eigenvalue weighted by molar-refractivity contribution is 0.598. The first-order chi connectivity index (χ1) is 9.29. The Balaban J connectivity index is 2.16. The molecule has 0 amide bonds. The molecule has 1 aromatic carbocycles. The summed E-state index contributed by atoms with van der Waals surface area (Å²) in [6.45, 7) is 1.21. The zero-order chi connectivity index (χ0) is 13.2. The van der Waals surface area contributed by atoms with Crippen LogP contribution in [0.1, 0.15) is 0 Å². The summed E-state index contributed by atoms with van der Waals surface area (Å²) in [6, 6.07) is 7.94. The summed E-state index contributed by atoms with van der Waals surface area (Å²) >= 11 is 3.54.